The van der Waals surface area contributed by atoms with Crippen LogP contribution in [0.25, 0.3) is 0 Å². The number of hydrogen-bond acceptors (Lipinski definition) is 3. The Morgan fingerprint density at radius 2 is 2.25 bits per heavy atom. The van der Waals surface area contributed by atoms with Gasteiger partial charge in [0.1, 0.15) is 6.04 Å². The molecule has 16 heavy (non-hydrogen) atoms. The first-order valence-electron chi connectivity index (χ1n) is 5.58. The summed E-state index contributed by atoms with van der Waals surface area (Å²) in [7, 11) is 0. The van der Waals surface area contributed by atoms with Gasteiger partial charge in [0.2, 0.25) is 0 Å². The Balaban J connectivity index is 2.15. The largest absolute Gasteiger partial charge is 0.480 e. The predicted octanol–water partition coefficient (Wildman–Crippen LogP) is 1.69. The Kier molecular flexibility index (Phi) is 3.19. The highest BCUT2D eigenvalue weighted by atomic mass is 16.4. The van der Waals surface area contributed by atoms with Crippen LogP contribution in [-0.2, 0) is 4.79 Å². The molecule has 86 valence electrons. The van der Waals surface area contributed by atoms with E-state index in [9.17, 15) is 4.79 Å². The highest BCUT2D eigenvalue weighted by molar-refractivity contribution is 5.73. The van der Waals surface area contributed by atoms with Crippen LogP contribution in [0.5, 0.6) is 0 Å². The van der Waals surface area contributed by atoms with Crippen molar-refractivity contribution < 1.29 is 9.90 Å². The highest BCUT2D eigenvalue weighted by Gasteiger charge is 2.33. The minimum Gasteiger partial charge on any atom is -0.480 e. The van der Waals surface area contributed by atoms with E-state index < -0.39 is 5.97 Å². The van der Waals surface area contributed by atoms with E-state index in [0.29, 0.717) is 0 Å². The third-order valence-corrected chi connectivity index (χ3v) is 3.27. The number of aliphatic carboxylic acids is 1. The van der Waals surface area contributed by atoms with Gasteiger partial charge in [-0.05, 0) is 44.0 Å². The van der Waals surface area contributed by atoms with Gasteiger partial charge in [-0.1, -0.05) is 0 Å². The number of carbonyl (C=O) groups is 1. The quantitative estimate of drug-likeness (QED) is 0.842. The fraction of sp³-hybridized carbons (Fsp3) is 0.500. The van der Waals surface area contributed by atoms with E-state index in [0.717, 1.165) is 24.9 Å². The lowest BCUT2D eigenvalue weighted by molar-refractivity contribution is -0.142. The first-order valence-corrected chi connectivity index (χ1v) is 5.58. The van der Waals surface area contributed by atoms with Gasteiger partial charge in [0.15, 0.2) is 0 Å². The molecule has 0 radical (unpaired) electrons. The van der Waals surface area contributed by atoms with Gasteiger partial charge in [-0.25, -0.2) is 0 Å². The van der Waals surface area contributed by atoms with Gasteiger partial charge >= 0.3 is 5.97 Å². The number of likely N-dealkylation sites (tertiary alicyclic amines) is 1. The fourth-order valence-corrected chi connectivity index (χ4v) is 2.35. The molecular formula is C12H16N2O2. The zero-order chi connectivity index (χ0) is 11.5. The molecule has 2 atom stereocenters. The van der Waals surface area contributed by atoms with Gasteiger partial charge < -0.3 is 5.11 Å². The maximum atomic E-state index is 11.1. The molecule has 0 amide bonds. The number of carboxylic acid groups (broad SMARTS) is 1. The molecule has 4 nitrogen and oxygen atoms in total. The molecule has 1 saturated heterocycles. The summed E-state index contributed by atoms with van der Waals surface area (Å²) in [5, 5.41) is 9.13. The van der Waals surface area contributed by atoms with Crippen LogP contribution in [0, 0.1) is 0 Å². The summed E-state index contributed by atoms with van der Waals surface area (Å²) < 4.78 is 0. The van der Waals surface area contributed by atoms with Crippen molar-refractivity contribution in [1.82, 2.24) is 9.88 Å². The third kappa shape index (κ3) is 2.07. The summed E-state index contributed by atoms with van der Waals surface area (Å²) in [6.07, 6.45) is 5.21. The summed E-state index contributed by atoms with van der Waals surface area (Å²) in [4.78, 5) is 17.1. The first-order chi connectivity index (χ1) is 7.70. The maximum Gasteiger partial charge on any atom is 0.320 e. The lowest BCUT2D eigenvalue weighted by Crippen LogP contribution is -2.37. The summed E-state index contributed by atoms with van der Waals surface area (Å²) in [5.74, 6) is -0.710. The Bertz CT molecular complexity index is 367. The Morgan fingerprint density at radius 1 is 1.56 bits per heavy atom. The fourth-order valence-electron chi connectivity index (χ4n) is 2.35. The van der Waals surface area contributed by atoms with Crippen LogP contribution in [0.4, 0.5) is 0 Å². The Morgan fingerprint density at radius 3 is 2.88 bits per heavy atom. The van der Waals surface area contributed by atoms with Crippen molar-refractivity contribution in [3.8, 4) is 0 Å². The lowest BCUT2D eigenvalue weighted by atomic mass is 10.1. The number of pyridine rings is 1. The molecule has 0 saturated carbocycles. The van der Waals surface area contributed by atoms with Gasteiger partial charge in [-0.15, -0.1) is 0 Å². The monoisotopic (exact) mass is 220 g/mol. The van der Waals surface area contributed by atoms with Crippen LogP contribution >= 0.6 is 0 Å². The molecular weight excluding hydrogens is 204 g/mol. The zero-order valence-corrected chi connectivity index (χ0v) is 9.34. The molecule has 2 rings (SSSR count). The van der Waals surface area contributed by atoms with E-state index in [1.54, 1.807) is 12.4 Å². The molecule has 0 aromatic carbocycles. The smallest absolute Gasteiger partial charge is 0.320 e. The maximum absolute atomic E-state index is 11.1. The van der Waals surface area contributed by atoms with Gasteiger partial charge in [-0.2, -0.15) is 0 Å². The van der Waals surface area contributed by atoms with Crippen LogP contribution in [-0.4, -0.2) is 33.5 Å². The number of hydrogen-bond donors (Lipinski definition) is 1. The van der Waals surface area contributed by atoms with Crippen LogP contribution in [0.3, 0.4) is 0 Å². The second-order valence-electron chi connectivity index (χ2n) is 4.19. The average Bonchev–Trinajstić information content (AvgIpc) is 2.78. The second kappa shape index (κ2) is 4.61. The van der Waals surface area contributed by atoms with E-state index in [2.05, 4.69) is 16.8 Å². The molecule has 0 bridgehead atoms. The molecule has 0 spiro atoms. The number of rotatable bonds is 3. The number of nitrogens with zero attached hydrogens (tertiary/aromatic N) is 2. The molecule has 1 fully saturated rings. The molecule has 2 unspecified atom stereocenters. The molecule has 1 N–H and O–H groups in total. The lowest BCUT2D eigenvalue weighted by Gasteiger charge is -2.28. The summed E-state index contributed by atoms with van der Waals surface area (Å²) in [6, 6.07) is 3.71. The van der Waals surface area contributed by atoms with Crippen LogP contribution < -0.4 is 0 Å². The van der Waals surface area contributed by atoms with Crippen molar-refractivity contribution in [2.75, 3.05) is 6.54 Å². The average molecular weight is 220 g/mol. The van der Waals surface area contributed by atoms with E-state index >= 15 is 0 Å². The molecule has 1 aromatic heterocycles. The Hall–Kier alpha value is -1.42. The van der Waals surface area contributed by atoms with Crippen LogP contribution in [0.2, 0.25) is 0 Å². The van der Waals surface area contributed by atoms with Gasteiger partial charge in [0, 0.05) is 18.4 Å². The van der Waals surface area contributed by atoms with Crippen molar-refractivity contribution in [2.45, 2.75) is 31.8 Å². The molecule has 2 heterocycles. The SMILES string of the molecule is CC(c1ccncc1)N1CCCC1C(=O)O. The van der Waals surface area contributed by atoms with E-state index in [1.807, 2.05) is 12.1 Å². The van der Waals surface area contributed by atoms with E-state index in [-0.39, 0.29) is 12.1 Å². The number of carboxylic acids is 1. The van der Waals surface area contributed by atoms with E-state index in [1.165, 1.54) is 0 Å². The summed E-state index contributed by atoms with van der Waals surface area (Å²) in [6.45, 7) is 2.91. The Labute approximate surface area is 94.9 Å². The topological polar surface area (TPSA) is 53.4 Å². The van der Waals surface area contributed by atoms with Crippen LogP contribution in [0.15, 0.2) is 24.5 Å². The van der Waals surface area contributed by atoms with Crippen molar-refractivity contribution in [3.63, 3.8) is 0 Å². The van der Waals surface area contributed by atoms with Crippen molar-refractivity contribution >= 4 is 5.97 Å². The predicted molar refractivity (Wildman–Crippen MR) is 60.0 cm³/mol. The zero-order valence-electron chi connectivity index (χ0n) is 9.34. The van der Waals surface area contributed by atoms with Crippen molar-refractivity contribution in [1.29, 1.82) is 0 Å². The summed E-state index contributed by atoms with van der Waals surface area (Å²) >= 11 is 0. The van der Waals surface area contributed by atoms with Gasteiger partial charge in [-0.3, -0.25) is 14.7 Å². The van der Waals surface area contributed by atoms with Gasteiger partial charge in [0.05, 0.1) is 0 Å². The van der Waals surface area contributed by atoms with E-state index in [4.69, 9.17) is 5.11 Å². The minimum atomic E-state index is -0.710. The normalized spacial score (nSPS) is 23.2. The standard InChI is InChI=1S/C12H16N2O2/c1-9(10-4-6-13-7-5-10)14-8-2-3-11(14)12(15)16/h4-7,9,11H,2-3,8H2,1H3,(H,15,16). The highest BCUT2D eigenvalue weighted by Crippen LogP contribution is 2.28. The number of aromatic nitrogens is 1. The first kappa shape index (κ1) is 11.1. The van der Waals surface area contributed by atoms with Gasteiger partial charge in [0.25, 0.3) is 0 Å². The van der Waals surface area contributed by atoms with Crippen molar-refractivity contribution in [3.05, 3.63) is 30.1 Å². The van der Waals surface area contributed by atoms with Crippen LogP contribution in [0.1, 0.15) is 31.4 Å². The molecule has 1 aliphatic heterocycles. The molecule has 1 aliphatic rings. The summed E-state index contributed by atoms with van der Waals surface area (Å²) in [5.41, 5.74) is 1.13. The molecule has 1 aromatic rings. The molecule has 0 aliphatic carbocycles. The second-order valence-corrected chi connectivity index (χ2v) is 4.19. The minimum absolute atomic E-state index is 0.145. The molecule has 4 heteroatoms. The van der Waals surface area contributed by atoms with Crippen molar-refractivity contribution in [2.24, 2.45) is 0 Å². The third-order valence-electron chi connectivity index (χ3n) is 3.27.